The summed E-state index contributed by atoms with van der Waals surface area (Å²) in [5, 5.41) is 4.51. The molecule has 3 nitrogen and oxygen atoms in total. The van der Waals surface area contributed by atoms with Gasteiger partial charge in [-0.15, -0.1) is 0 Å². The lowest BCUT2D eigenvalue weighted by atomic mass is 10.1. The SMILES string of the molecule is CC(NCc1ncc[nH]1)c1ccc(Cl)c(Cl)c1. The van der Waals surface area contributed by atoms with Crippen LogP contribution in [0.1, 0.15) is 24.4 Å². The van der Waals surface area contributed by atoms with E-state index in [1.54, 1.807) is 12.4 Å². The number of hydrogen-bond acceptors (Lipinski definition) is 2. The van der Waals surface area contributed by atoms with E-state index in [2.05, 4.69) is 22.2 Å². The molecular formula is C12H13Cl2N3. The Balaban J connectivity index is 1.99. The van der Waals surface area contributed by atoms with E-state index in [4.69, 9.17) is 23.2 Å². The predicted molar refractivity (Wildman–Crippen MR) is 70.3 cm³/mol. The number of nitrogens with one attached hydrogen (secondary N) is 2. The highest BCUT2D eigenvalue weighted by atomic mass is 35.5. The van der Waals surface area contributed by atoms with Gasteiger partial charge in [-0.05, 0) is 24.6 Å². The van der Waals surface area contributed by atoms with Gasteiger partial charge in [0.2, 0.25) is 0 Å². The highest BCUT2D eigenvalue weighted by molar-refractivity contribution is 6.42. The molecule has 0 fully saturated rings. The van der Waals surface area contributed by atoms with E-state index in [9.17, 15) is 0 Å². The predicted octanol–water partition coefficient (Wildman–Crippen LogP) is 3.57. The third-order valence-electron chi connectivity index (χ3n) is 2.57. The molecule has 0 aliphatic heterocycles. The van der Waals surface area contributed by atoms with E-state index in [1.165, 1.54) is 0 Å². The largest absolute Gasteiger partial charge is 0.348 e. The molecule has 0 saturated carbocycles. The Hall–Kier alpha value is -1.03. The van der Waals surface area contributed by atoms with Crippen molar-refractivity contribution in [1.82, 2.24) is 15.3 Å². The molecule has 5 heteroatoms. The molecule has 0 radical (unpaired) electrons. The van der Waals surface area contributed by atoms with Gasteiger partial charge in [0.05, 0.1) is 16.6 Å². The lowest BCUT2D eigenvalue weighted by Crippen LogP contribution is -2.18. The van der Waals surface area contributed by atoms with E-state index in [1.807, 2.05) is 18.2 Å². The fourth-order valence-electron chi connectivity index (χ4n) is 1.54. The van der Waals surface area contributed by atoms with E-state index in [0.717, 1.165) is 11.4 Å². The Labute approximate surface area is 110 Å². The van der Waals surface area contributed by atoms with Crippen molar-refractivity contribution in [3.05, 3.63) is 52.0 Å². The number of aromatic nitrogens is 2. The summed E-state index contributed by atoms with van der Waals surface area (Å²) < 4.78 is 0. The zero-order valence-electron chi connectivity index (χ0n) is 9.37. The van der Waals surface area contributed by atoms with Crippen molar-refractivity contribution < 1.29 is 0 Å². The van der Waals surface area contributed by atoms with E-state index in [0.29, 0.717) is 16.6 Å². The molecule has 0 aliphatic carbocycles. The van der Waals surface area contributed by atoms with Gasteiger partial charge in [-0.3, -0.25) is 0 Å². The molecule has 0 amide bonds. The summed E-state index contributed by atoms with van der Waals surface area (Å²) in [5.74, 6) is 0.914. The van der Waals surface area contributed by atoms with Gasteiger partial charge in [0.1, 0.15) is 5.82 Å². The molecule has 2 rings (SSSR count). The quantitative estimate of drug-likeness (QED) is 0.891. The molecular weight excluding hydrogens is 257 g/mol. The van der Waals surface area contributed by atoms with E-state index >= 15 is 0 Å². The summed E-state index contributed by atoms with van der Waals surface area (Å²) in [6, 6.07) is 5.84. The van der Waals surface area contributed by atoms with Crippen molar-refractivity contribution >= 4 is 23.2 Å². The van der Waals surface area contributed by atoms with Gasteiger partial charge in [0.25, 0.3) is 0 Å². The van der Waals surface area contributed by atoms with Crippen LogP contribution in [0.25, 0.3) is 0 Å². The van der Waals surface area contributed by atoms with Gasteiger partial charge >= 0.3 is 0 Å². The molecule has 17 heavy (non-hydrogen) atoms. The van der Waals surface area contributed by atoms with Crippen molar-refractivity contribution in [2.45, 2.75) is 19.5 Å². The smallest absolute Gasteiger partial charge is 0.120 e. The Bertz CT molecular complexity index is 483. The molecule has 0 spiro atoms. The number of hydrogen-bond donors (Lipinski definition) is 2. The molecule has 1 aromatic carbocycles. The zero-order chi connectivity index (χ0) is 12.3. The van der Waals surface area contributed by atoms with Crippen molar-refractivity contribution in [1.29, 1.82) is 0 Å². The second-order valence-corrected chi connectivity index (χ2v) is 4.63. The van der Waals surface area contributed by atoms with Crippen LogP contribution >= 0.6 is 23.2 Å². The molecule has 0 bridgehead atoms. The zero-order valence-corrected chi connectivity index (χ0v) is 10.9. The van der Waals surface area contributed by atoms with E-state index in [-0.39, 0.29) is 6.04 Å². The average molecular weight is 270 g/mol. The van der Waals surface area contributed by atoms with Gasteiger partial charge < -0.3 is 10.3 Å². The Kier molecular flexibility index (Phi) is 4.05. The first-order valence-electron chi connectivity index (χ1n) is 5.33. The summed E-state index contributed by atoms with van der Waals surface area (Å²) in [7, 11) is 0. The fourth-order valence-corrected chi connectivity index (χ4v) is 1.85. The Morgan fingerprint density at radius 1 is 1.35 bits per heavy atom. The second kappa shape index (κ2) is 5.54. The van der Waals surface area contributed by atoms with Crippen molar-refractivity contribution in [2.75, 3.05) is 0 Å². The molecule has 0 saturated heterocycles. The maximum atomic E-state index is 5.98. The first kappa shape index (κ1) is 12.4. The number of benzene rings is 1. The molecule has 0 aliphatic rings. The maximum Gasteiger partial charge on any atom is 0.120 e. The summed E-state index contributed by atoms with van der Waals surface area (Å²) in [6.07, 6.45) is 3.54. The van der Waals surface area contributed by atoms with Gasteiger partial charge in [0.15, 0.2) is 0 Å². The maximum absolute atomic E-state index is 5.98. The summed E-state index contributed by atoms with van der Waals surface area (Å²) in [6.45, 7) is 2.76. The number of rotatable bonds is 4. The summed E-state index contributed by atoms with van der Waals surface area (Å²) in [5.41, 5.74) is 1.10. The van der Waals surface area contributed by atoms with Crippen LogP contribution in [0.3, 0.4) is 0 Å². The first-order chi connectivity index (χ1) is 8.16. The van der Waals surface area contributed by atoms with Crippen LogP contribution in [-0.4, -0.2) is 9.97 Å². The molecule has 90 valence electrons. The van der Waals surface area contributed by atoms with Gasteiger partial charge in [0, 0.05) is 18.4 Å². The summed E-state index contributed by atoms with van der Waals surface area (Å²) in [4.78, 5) is 7.19. The topological polar surface area (TPSA) is 40.7 Å². The van der Waals surface area contributed by atoms with Gasteiger partial charge in [-0.25, -0.2) is 4.98 Å². The van der Waals surface area contributed by atoms with Crippen LogP contribution in [0, 0.1) is 0 Å². The van der Waals surface area contributed by atoms with Crippen molar-refractivity contribution in [2.24, 2.45) is 0 Å². The first-order valence-corrected chi connectivity index (χ1v) is 6.09. The minimum Gasteiger partial charge on any atom is -0.348 e. The third-order valence-corrected chi connectivity index (χ3v) is 3.31. The minimum absolute atomic E-state index is 0.190. The standard InChI is InChI=1S/C12H13Cl2N3/c1-8(17-7-12-15-4-5-16-12)9-2-3-10(13)11(14)6-9/h2-6,8,17H,7H2,1H3,(H,15,16). The fraction of sp³-hybridized carbons (Fsp3) is 0.250. The Morgan fingerprint density at radius 2 is 2.18 bits per heavy atom. The van der Waals surface area contributed by atoms with Crippen LogP contribution < -0.4 is 5.32 Å². The van der Waals surface area contributed by atoms with Crippen LogP contribution in [0.4, 0.5) is 0 Å². The lowest BCUT2D eigenvalue weighted by molar-refractivity contribution is 0.562. The van der Waals surface area contributed by atoms with Gasteiger partial charge in [-0.2, -0.15) is 0 Å². The molecule has 1 atom stereocenters. The molecule has 1 aromatic heterocycles. The highest BCUT2D eigenvalue weighted by Gasteiger charge is 2.07. The number of aromatic amines is 1. The van der Waals surface area contributed by atoms with Crippen molar-refractivity contribution in [3.63, 3.8) is 0 Å². The van der Waals surface area contributed by atoms with Crippen molar-refractivity contribution in [3.8, 4) is 0 Å². The second-order valence-electron chi connectivity index (χ2n) is 3.81. The number of H-pyrrole nitrogens is 1. The van der Waals surface area contributed by atoms with Gasteiger partial charge in [-0.1, -0.05) is 29.3 Å². The molecule has 2 N–H and O–H groups in total. The Morgan fingerprint density at radius 3 is 2.82 bits per heavy atom. The number of imidazole rings is 1. The van der Waals surface area contributed by atoms with Crippen LogP contribution in [0.2, 0.25) is 10.0 Å². The molecule has 2 aromatic rings. The van der Waals surface area contributed by atoms with Crippen LogP contribution in [0.5, 0.6) is 0 Å². The normalized spacial score (nSPS) is 12.6. The van der Waals surface area contributed by atoms with Crippen LogP contribution in [0.15, 0.2) is 30.6 Å². The van der Waals surface area contributed by atoms with Crippen LogP contribution in [-0.2, 0) is 6.54 Å². The monoisotopic (exact) mass is 269 g/mol. The number of halogens is 2. The molecule has 1 unspecified atom stereocenters. The van der Waals surface area contributed by atoms with E-state index < -0.39 is 0 Å². The number of nitrogens with zero attached hydrogens (tertiary/aromatic N) is 1. The summed E-state index contributed by atoms with van der Waals surface area (Å²) >= 11 is 11.9. The third kappa shape index (κ3) is 3.22. The molecule has 1 heterocycles. The lowest BCUT2D eigenvalue weighted by Gasteiger charge is -2.14. The average Bonchev–Trinajstić information content (AvgIpc) is 2.82. The minimum atomic E-state index is 0.190. The highest BCUT2D eigenvalue weighted by Crippen LogP contribution is 2.25.